The van der Waals surface area contributed by atoms with Crippen molar-refractivity contribution in [1.29, 1.82) is 0 Å². The maximum atomic E-state index is 13.3. The van der Waals surface area contributed by atoms with E-state index < -0.39 is 5.95 Å². The second-order valence-corrected chi connectivity index (χ2v) is 8.70. The van der Waals surface area contributed by atoms with Crippen molar-refractivity contribution in [3.05, 3.63) is 54.2 Å². The average Bonchev–Trinajstić information content (AvgIpc) is 3.41. The summed E-state index contributed by atoms with van der Waals surface area (Å²) >= 11 is 0. The zero-order valence-corrected chi connectivity index (χ0v) is 20.3. The van der Waals surface area contributed by atoms with Crippen LogP contribution in [0.15, 0.2) is 42.7 Å². The van der Waals surface area contributed by atoms with Crippen molar-refractivity contribution < 1.29 is 14.0 Å². The number of likely N-dealkylation sites (tertiary alicyclic amines) is 1. The van der Waals surface area contributed by atoms with Gasteiger partial charge in [0, 0.05) is 38.5 Å². The molecule has 1 aromatic heterocycles. The Morgan fingerprint density at radius 3 is 2.44 bits per heavy atom. The van der Waals surface area contributed by atoms with Crippen molar-refractivity contribution in [3.63, 3.8) is 0 Å². The van der Waals surface area contributed by atoms with Crippen LogP contribution >= 0.6 is 0 Å². The highest BCUT2D eigenvalue weighted by molar-refractivity contribution is 5.88. The molecule has 0 saturated carbocycles. The maximum absolute atomic E-state index is 13.3. The number of rotatable bonds is 7. The van der Waals surface area contributed by atoms with Crippen LogP contribution in [0.5, 0.6) is 0 Å². The molecule has 2 heterocycles. The topological polar surface area (TPSA) is 131 Å². The molecule has 9 nitrogen and oxygen atoms in total. The van der Waals surface area contributed by atoms with E-state index in [0.717, 1.165) is 17.5 Å². The van der Waals surface area contributed by atoms with Gasteiger partial charge in [0.05, 0.1) is 11.7 Å². The quantitative estimate of drug-likeness (QED) is 0.361. The van der Waals surface area contributed by atoms with Gasteiger partial charge in [-0.3, -0.25) is 20.1 Å². The molecule has 6 N–H and O–H groups in total. The van der Waals surface area contributed by atoms with Crippen LogP contribution in [0.4, 0.5) is 4.39 Å². The van der Waals surface area contributed by atoms with Crippen molar-refractivity contribution in [2.24, 2.45) is 24.5 Å². The molecule has 3 rings (SSSR count). The fraction of sp³-hybridized carbons (Fsp3) is 0.458. The van der Waals surface area contributed by atoms with E-state index >= 15 is 0 Å². The molecule has 186 valence electrons. The average molecular weight is 474 g/mol. The number of hydrogen-bond donors (Lipinski definition) is 4. The molecule has 2 unspecified atom stereocenters. The molecule has 0 spiro atoms. The molecule has 10 heteroatoms. The fourth-order valence-electron chi connectivity index (χ4n) is 3.90. The highest BCUT2D eigenvalue weighted by Gasteiger charge is 2.34. The number of halogens is 1. The molecule has 2 aromatic rings. The number of nitrogens with two attached hydrogens (primary N) is 2. The Balaban J connectivity index is 0.000000739. The maximum Gasteiger partial charge on any atom is 0.243 e. The Bertz CT molecular complexity index is 972. The summed E-state index contributed by atoms with van der Waals surface area (Å²) in [5, 5.41) is 6.77. The molecular formula is C24H36FN7O2. The van der Waals surface area contributed by atoms with Crippen molar-refractivity contribution >= 4 is 11.8 Å². The third-order valence-corrected chi connectivity index (χ3v) is 5.57. The summed E-state index contributed by atoms with van der Waals surface area (Å²) in [6.45, 7) is 6.59. The summed E-state index contributed by atoms with van der Waals surface area (Å²) in [5.74, 6) is 4.43. The summed E-state index contributed by atoms with van der Waals surface area (Å²) in [7, 11) is 1.70. The van der Waals surface area contributed by atoms with E-state index in [-0.39, 0.29) is 29.8 Å². The van der Waals surface area contributed by atoms with E-state index in [0.29, 0.717) is 25.1 Å². The molecule has 1 aliphatic heterocycles. The first kappa shape index (κ1) is 26.8. The second-order valence-electron chi connectivity index (χ2n) is 8.70. The van der Waals surface area contributed by atoms with E-state index in [4.69, 9.17) is 11.6 Å². The van der Waals surface area contributed by atoms with Gasteiger partial charge in [-0.05, 0) is 36.8 Å². The summed E-state index contributed by atoms with van der Waals surface area (Å²) in [4.78, 5) is 27.0. The molecular weight excluding hydrogens is 437 g/mol. The van der Waals surface area contributed by atoms with Crippen LogP contribution in [0.2, 0.25) is 0 Å². The van der Waals surface area contributed by atoms with Gasteiger partial charge < -0.3 is 21.4 Å². The third-order valence-electron chi connectivity index (χ3n) is 5.57. The van der Waals surface area contributed by atoms with Gasteiger partial charge in [-0.15, -0.1) is 5.10 Å². The minimum Gasteiger partial charge on any atom is -0.403 e. The predicted molar refractivity (Wildman–Crippen MR) is 130 cm³/mol. The van der Waals surface area contributed by atoms with E-state index in [1.807, 2.05) is 45.0 Å². The predicted octanol–water partition coefficient (Wildman–Crippen LogP) is 2.32. The Hall–Kier alpha value is -3.40. The Labute approximate surface area is 200 Å². The van der Waals surface area contributed by atoms with Gasteiger partial charge in [-0.25, -0.2) is 0 Å². The standard InChI is InChI=1S/C22H29FN4O2.C2H7N3/c1-14(2)12-21(28)27-11-5-6-18(27)22(29)24-15(3)16-7-9-17(10-8-16)19-13-20(23)25-26(19)4;3-1-2-5-4/h7-10,13-15,18H,5-6,11-12H2,1-4H3,(H,24,29);1-2,5H,3-4H2/b;2-1-. The molecule has 1 aromatic carbocycles. The van der Waals surface area contributed by atoms with Gasteiger partial charge in [0.25, 0.3) is 0 Å². The van der Waals surface area contributed by atoms with Crippen molar-refractivity contribution in [2.75, 3.05) is 6.54 Å². The first-order valence-electron chi connectivity index (χ1n) is 11.4. The molecule has 2 atom stereocenters. The molecule has 1 aliphatic rings. The van der Waals surface area contributed by atoms with Crippen LogP contribution in [0.25, 0.3) is 11.3 Å². The highest BCUT2D eigenvalue weighted by Crippen LogP contribution is 2.24. The van der Waals surface area contributed by atoms with Gasteiger partial charge >= 0.3 is 0 Å². The minimum absolute atomic E-state index is 0.0538. The van der Waals surface area contributed by atoms with E-state index in [2.05, 4.69) is 15.8 Å². The lowest BCUT2D eigenvalue weighted by Gasteiger charge is -2.26. The number of hydrazine groups is 1. The van der Waals surface area contributed by atoms with E-state index in [1.54, 1.807) is 11.9 Å². The van der Waals surface area contributed by atoms with Crippen LogP contribution in [0, 0.1) is 11.9 Å². The zero-order valence-electron chi connectivity index (χ0n) is 20.3. The number of benzene rings is 1. The van der Waals surface area contributed by atoms with Gasteiger partial charge in [-0.1, -0.05) is 38.1 Å². The lowest BCUT2D eigenvalue weighted by atomic mass is 10.0. The third kappa shape index (κ3) is 7.31. The normalized spacial score (nSPS) is 16.3. The SMILES string of the molecule is CC(C)CC(=O)N1CCCC1C(=O)NC(C)c1ccc(-c2cc(F)nn2C)cc1.N/C=C\NN. The zero-order chi connectivity index (χ0) is 25.3. The van der Waals surface area contributed by atoms with E-state index in [1.165, 1.54) is 23.1 Å². The first-order valence-corrected chi connectivity index (χ1v) is 11.4. The second kappa shape index (κ2) is 12.7. The molecule has 0 bridgehead atoms. The van der Waals surface area contributed by atoms with Gasteiger partial charge in [0.1, 0.15) is 6.04 Å². The minimum atomic E-state index is -0.514. The largest absolute Gasteiger partial charge is 0.403 e. The summed E-state index contributed by atoms with van der Waals surface area (Å²) in [6.07, 6.45) is 4.77. The Kier molecular flexibility index (Phi) is 10.1. The molecule has 34 heavy (non-hydrogen) atoms. The van der Waals surface area contributed by atoms with Crippen molar-refractivity contribution in [2.45, 2.75) is 52.1 Å². The fourth-order valence-corrected chi connectivity index (χ4v) is 3.90. The van der Waals surface area contributed by atoms with Crippen LogP contribution in [-0.2, 0) is 16.6 Å². The molecule has 2 amide bonds. The molecule has 1 fully saturated rings. The number of aromatic nitrogens is 2. The number of amides is 2. The highest BCUT2D eigenvalue weighted by atomic mass is 19.1. The lowest BCUT2D eigenvalue weighted by Crippen LogP contribution is -2.46. The van der Waals surface area contributed by atoms with Gasteiger partial charge in [0.2, 0.25) is 17.8 Å². The molecule has 0 aliphatic carbocycles. The Morgan fingerprint density at radius 1 is 1.26 bits per heavy atom. The molecule has 0 radical (unpaired) electrons. The lowest BCUT2D eigenvalue weighted by molar-refractivity contribution is -0.139. The van der Waals surface area contributed by atoms with Crippen LogP contribution < -0.4 is 22.3 Å². The Morgan fingerprint density at radius 2 is 1.94 bits per heavy atom. The number of carbonyl (C=O) groups is 2. The first-order chi connectivity index (χ1) is 16.2. The summed E-state index contributed by atoms with van der Waals surface area (Å²) in [6, 6.07) is 8.43. The van der Waals surface area contributed by atoms with Crippen molar-refractivity contribution in [3.8, 4) is 11.3 Å². The molecule has 1 saturated heterocycles. The number of hydrogen-bond acceptors (Lipinski definition) is 6. The van der Waals surface area contributed by atoms with E-state index in [9.17, 15) is 14.0 Å². The summed E-state index contributed by atoms with van der Waals surface area (Å²) < 4.78 is 14.8. The van der Waals surface area contributed by atoms with Crippen LogP contribution in [-0.4, -0.2) is 39.1 Å². The number of aryl methyl sites for hydroxylation is 1. The monoisotopic (exact) mass is 473 g/mol. The summed E-state index contributed by atoms with van der Waals surface area (Å²) in [5.41, 5.74) is 9.52. The number of carbonyl (C=O) groups excluding carboxylic acids is 2. The smallest absolute Gasteiger partial charge is 0.243 e. The van der Waals surface area contributed by atoms with Crippen LogP contribution in [0.3, 0.4) is 0 Å². The van der Waals surface area contributed by atoms with Gasteiger partial charge in [-0.2, -0.15) is 4.39 Å². The van der Waals surface area contributed by atoms with Crippen LogP contribution in [0.1, 0.15) is 51.6 Å². The van der Waals surface area contributed by atoms with Gasteiger partial charge in [0.15, 0.2) is 0 Å². The number of nitrogens with one attached hydrogen (secondary N) is 2. The number of nitrogens with zero attached hydrogens (tertiary/aromatic N) is 3. The van der Waals surface area contributed by atoms with Crippen molar-refractivity contribution in [1.82, 2.24) is 25.4 Å².